The second-order valence-corrected chi connectivity index (χ2v) is 2.56. The minimum absolute atomic E-state index is 0.117. The van der Waals surface area contributed by atoms with Crippen LogP contribution in [0, 0.1) is 0 Å². The molecule has 0 aliphatic heterocycles. The van der Waals surface area contributed by atoms with Crippen molar-refractivity contribution in [2.45, 2.75) is 0 Å². The number of alkyl halides is 1. The van der Waals surface area contributed by atoms with E-state index in [1.54, 1.807) is 0 Å². The predicted octanol–water partition coefficient (Wildman–Crippen LogP) is 1.31. The highest BCUT2D eigenvalue weighted by atomic mass is 35.5. The molecule has 1 aromatic heterocycles. The largest absolute Gasteiger partial charge is 0.308 e. The molecule has 64 valence electrons. The van der Waals surface area contributed by atoms with Gasteiger partial charge in [0.2, 0.25) is 5.91 Å². The Kier molecular flexibility index (Phi) is 3.25. The van der Waals surface area contributed by atoms with Crippen LogP contribution in [0.3, 0.4) is 0 Å². The van der Waals surface area contributed by atoms with E-state index in [-0.39, 0.29) is 16.9 Å². The average molecular weight is 206 g/mol. The summed E-state index contributed by atoms with van der Waals surface area (Å²) in [4.78, 5) is 18.2. The third kappa shape index (κ3) is 2.64. The summed E-state index contributed by atoms with van der Waals surface area (Å²) in [6.45, 7) is 0. The minimum Gasteiger partial charge on any atom is -0.308 e. The molecular weight excluding hydrogens is 201 g/mol. The zero-order chi connectivity index (χ0) is 8.97. The molecule has 1 aromatic rings. The summed E-state index contributed by atoms with van der Waals surface area (Å²) >= 11 is 10.8. The van der Waals surface area contributed by atoms with Gasteiger partial charge >= 0.3 is 0 Å². The van der Waals surface area contributed by atoms with Crippen molar-refractivity contribution in [2.24, 2.45) is 0 Å². The molecule has 0 aromatic carbocycles. The molecule has 0 aliphatic carbocycles. The molecule has 4 nitrogen and oxygen atoms in total. The fraction of sp³-hybridized carbons (Fsp3) is 0.167. The quantitative estimate of drug-likeness (QED) is 0.742. The van der Waals surface area contributed by atoms with Gasteiger partial charge in [-0.2, -0.15) is 0 Å². The van der Waals surface area contributed by atoms with Crippen molar-refractivity contribution >= 4 is 34.9 Å². The first-order valence-electron chi connectivity index (χ1n) is 3.05. The molecule has 0 aliphatic rings. The number of nitrogens with zero attached hydrogens (tertiary/aromatic N) is 2. The second-order valence-electron chi connectivity index (χ2n) is 1.91. The molecule has 0 fully saturated rings. The summed E-state index contributed by atoms with van der Waals surface area (Å²) in [7, 11) is 0. The van der Waals surface area contributed by atoms with Gasteiger partial charge in [0.1, 0.15) is 11.0 Å². The zero-order valence-electron chi connectivity index (χ0n) is 5.92. The van der Waals surface area contributed by atoms with Gasteiger partial charge < -0.3 is 5.32 Å². The average Bonchev–Trinajstić information content (AvgIpc) is 2.04. The Morgan fingerprint density at radius 2 is 2.33 bits per heavy atom. The van der Waals surface area contributed by atoms with Crippen LogP contribution in [0.4, 0.5) is 5.82 Å². The number of carbonyl (C=O) groups is 1. The molecule has 0 atom stereocenters. The molecular formula is C6H5Cl2N3O. The minimum atomic E-state index is -0.340. The first-order chi connectivity index (χ1) is 5.72. The van der Waals surface area contributed by atoms with Crippen LogP contribution in [0.2, 0.25) is 5.15 Å². The summed E-state index contributed by atoms with van der Waals surface area (Å²) in [6, 6.07) is 0. The Labute approximate surface area is 78.9 Å². The Morgan fingerprint density at radius 1 is 1.58 bits per heavy atom. The predicted molar refractivity (Wildman–Crippen MR) is 46.4 cm³/mol. The smallest absolute Gasteiger partial charge is 0.240 e. The van der Waals surface area contributed by atoms with Crippen LogP contribution < -0.4 is 5.32 Å². The molecule has 0 bridgehead atoms. The lowest BCUT2D eigenvalue weighted by Gasteiger charge is -1.99. The van der Waals surface area contributed by atoms with Gasteiger partial charge in [0, 0.05) is 0 Å². The fourth-order valence-corrected chi connectivity index (χ4v) is 0.793. The molecule has 0 saturated heterocycles. The first kappa shape index (κ1) is 9.22. The Balaban J connectivity index is 2.69. The van der Waals surface area contributed by atoms with E-state index in [1.165, 1.54) is 12.4 Å². The van der Waals surface area contributed by atoms with E-state index in [9.17, 15) is 4.79 Å². The van der Waals surface area contributed by atoms with E-state index in [1.807, 2.05) is 0 Å². The van der Waals surface area contributed by atoms with Crippen molar-refractivity contribution in [3.8, 4) is 0 Å². The van der Waals surface area contributed by atoms with Crippen LogP contribution in [0.5, 0.6) is 0 Å². The maximum Gasteiger partial charge on any atom is 0.240 e. The summed E-state index contributed by atoms with van der Waals surface area (Å²) in [6.07, 6.45) is 2.76. The van der Waals surface area contributed by atoms with Crippen molar-refractivity contribution < 1.29 is 4.79 Å². The number of carbonyl (C=O) groups excluding carboxylic acids is 1. The number of halogens is 2. The fourth-order valence-electron chi connectivity index (χ4n) is 0.579. The van der Waals surface area contributed by atoms with Gasteiger partial charge in [-0.25, -0.2) is 4.98 Å². The maximum absolute atomic E-state index is 10.7. The van der Waals surface area contributed by atoms with Gasteiger partial charge in [0.15, 0.2) is 5.82 Å². The van der Waals surface area contributed by atoms with Gasteiger partial charge in [-0.3, -0.25) is 9.78 Å². The molecule has 0 saturated carbocycles. The summed E-state index contributed by atoms with van der Waals surface area (Å²) in [5.41, 5.74) is 0. The third-order valence-corrected chi connectivity index (χ3v) is 1.42. The van der Waals surface area contributed by atoms with Gasteiger partial charge in [0.05, 0.1) is 12.4 Å². The molecule has 0 unspecified atom stereocenters. The van der Waals surface area contributed by atoms with Gasteiger partial charge in [-0.15, -0.1) is 11.6 Å². The lowest BCUT2D eigenvalue weighted by Crippen LogP contribution is -2.13. The lowest BCUT2D eigenvalue weighted by molar-refractivity contribution is -0.113. The van der Waals surface area contributed by atoms with E-state index < -0.39 is 0 Å². The van der Waals surface area contributed by atoms with E-state index in [0.717, 1.165) is 0 Å². The zero-order valence-corrected chi connectivity index (χ0v) is 7.43. The van der Waals surface area contributed by atoms with Crippen LogP contribution in [-0.2, 0) is 4.79 Å². The number of hydrogen-bond donors (Lipinski definition) is 1. The standard InChI is InChI=1S/C6H5Cl2N3O/c7-1-6(12)11-5-3-9-2-4(8)10-5/h2-3H,1H2,(H,10,11,12). The first-order valence-corrected chi connectivity index (χ1v) is 3.97. The number of anilines is 1. The van der Waals surface area contributed by atoms with E-state index in [2.05, 4.69) is 15.3 Å². The van der Waals surface area contributed by atoms with Crippen LogP contribution in [0.1, 0.15) is 0 Å². The molecule has 1 rings (SSSR count). The second kappa shape index (κ2) is 4.23. The molecule has 1 N–H and O–H groups in total. The summed E-state index contributed by atoms with van der Waals surface area (Å²) < 4.78 is 0. The third-order valence-electron chi connectivity index (χ3n) is 0.994. The van der Waals surface area contributed by atoms with Crippen molar-refractivity contribution in [3.63, 3.8) is 0 Å². The molecule has 1 heterocycles. The van der Waals surface area contributed by atoms with E-state index >= 15 is 0 Å². The molecule has 0 radical (unpaired) electrons. The highest BCUT2D eigenvalue weighted by Gasteiger charge is 2.01. The SMILES string of the molecule is O=C(CCl)Nc1cncc(Cl)n1. The van der Waals surface area contributed by atoms with Crippen molar-refractivity contribution in [1.82, 2.24) is 9.97 Å². The van der Waals surface area contributed by atoms with Gasteiger partial charge in [0.25, 0.3) is 0 Å². The molecule has 0 spiro atoms. The Bertz CT molecular complexity index is 292. The van der Waals surface area contributed by atoms with Gasteiger partial charge in [-0.1, -0.05) is 11.6 Å². The highest BCUT2D eigenvalue weighted by molar-refractivity contribution is 6.30. The number of nitrogens with one attached hydrogen (secondary N) is 1. The summed E-state index contributed by atoms with van der Waals surface area (Å²) in [5.74, 6) is -0.157. The van der Waals surface area contributed by atoms with Crippen molar-refractivity contribution in [1.29, 1.82) is 0 Å². The maximum atomic E-state index is 10.7. The van der Waals surface area contributed by atoms with E-state index in [4.69, 9.17) is 23.2 Å². The van der Waals surface area contributed by atoms with Crippen molar-refractivity contribution in [2.75, 3.05) is 11.2 Å². The monoisotopic (exact) mass is 205 g/mol. The molecule has 6 heteroatoms. The van der Waals surface area contributed by atoms with Crippen LogP contribution in [-0.4, -0.2) is 21.8 Å². The number of hydrogen-bond acceptors (Lipinski definition) is 3. The highest BCUT2D eigenvalue weighted by Crippen LogP contribution is 2.06. The number of amides is 1. The Hall–Kier alpha value is -0.870. The van der Waals surface area contributed by atoms with Gasteiger partial charge in [-0.05, 0) is 0 Å². The molecule has 1 amide bonds. The normalized spacial score (nSPS) is 9.50. The van der Waals surface area contributed by atoms with Crippen LogP contribution in [0.25, 0.3) is 0 Å². The van der Waals surface area contributed by atoms with E-state index in [0.29, 0.717) is 5.82 Å². The van der Waals surface area contributed by atoms with Crippen LogP contribution >= 0.6 is 23.2 Å². The topological polar surface area (TPSA) is 54.9 Å². The Morgan fingerprint density at radius 3 is 2.92 bits per heavy atom. The number of aromatic nitrogens is 2. The van der Waals surface area contributed by atoms with Crippen LogP contribution in [0.15, 0.2) is 12.4 Å². The summed E-state index contributed by atoms with van der Waals surface area (Å²) in [5, 5.41) is 2.63. The molecule has 12 heavy (non-hydrogen) atoms. The van der Waals surface area contributed by atoms with Crippen molar-refractivity contribution in [3.05, 3.63) is 17.5 Å². The number of rotatable bonds is 2. The lowest BCUT2D eigenvalue weighted by atomic mass is 10.6.